The van der Waals surface area contributed by atoms with Crippen LogP contribution in [0, 0.1) is 0 Å². The van der Waals surface area contributed by atoms with Gasteiger partial charge in [-0.1, -0.05) is 37.3 Å². The quantitative estimate of drug-likeness (QED) is 0.792. The molecule has 2 aliphatic heterocycles. The van der Waals surface area contributed by atoms with Crippen molar-refractivity contribution >= 4 is 6.03 Å². The highest BCUT2D eigenvalue weighted by Crippen LogP contribution is 2.53. The molecule has 2 atom stereocenters. The molecule has 0 aromatic heterocycles. The molecule has 27 heavy (non-hydrogen) atoms. The van der Waals surface area contributed by atoms with Gasteiger partial charge in [0, 0.05) is 32.1 Å². The summed E-state index contributed by atoms with van der Waals surface area (Å²) in [6, 6.07) is 8.98. The van der Waals surface area contributed by atoms with E-state index in [0.29, 0.717) is 19.6 Å². The molecule has 0 aliphatic carbocycles. The van der Waals surface area contributed by atoms with Crippen molar-refractivity contribution in [3.05, 3.63) is 35.9 Å². The van der Waals surface area contributed by atoms with Gasteiger partial charge in [-0.15, -0.1) is 0 Å². The maximum Gasteiger partial charge on any atom is 0.390 e. The van der Waals surface area contributed by atoms with Gasteiger partial charge in [0.2, 0.25) is 0 Å². The maximum absolute atomic E-state index is 12.7. The number of benzene rings is 1. The highest BCUT2D eigenvalue weighted by atomic mass is 19.4. The van der Waals surface area contributed by atoms with Gasteiger partial charge in [-0.3, -0.25) is 4.90 Å². The van der Waals surface area contributed by atoms with Crippen LogP contribution in [0.25, 0.3) is 0 Å². The van der Waals surface area contributed by atoms with Gasteiger partial charge in [0.25, 0.3) is 0 Å². The Balaban J connectivity index is 1.78. The zero-order valence-electron chi connectivity index (χ0n) is 15.4. The molecule has 0 saturated carbocycles. The second-order valence-corrected chi connectivity index (χ2v) is 7.42. The molecule has 0 unspecified atom stereocenters. The first kappa shape index (κ1) is 19.9. The number of halogens is 3. The first-order valence-electron chi connectivity index (χ1n) is 9.34. The fourth-order valence-electron chi connectivity index (χ4n) is 4.48. The van der Waals surface area contributed by atoms with Crippen molar-refractivity contribution in [1.82, 2.24) is 15.1 Å². The van der Waals surface area contributed by atoms with Crippen LogP contribution in [0.5, 0.6) is 0 Å². The van der Waals surface area contributed by atoms with Gasteiger partial charge >= 0.3 is 12.2 Å². The third-order valence-corrected chi connectivity index (χ3v) is 5.57. The van der Waals surface area contributed by atoms with Crippen molar-refractivity contribution in [1.29, 1.82) is 0 Å². The summed E-state index contributed by atoms with van der Waals surface area (Å²) in [6.45, 7) is 3.00. The van der Waals surface area contributed by atoms with Crippen LogP contribution in [0.15, 0.2) is 30.3 Å². The number of aliphatic hydroxyl groups excluding tert-OH is 1. The van der Waals surface area contributed by atoms with Crippen molar-refractivity contribution in [2.75, 3.05) is 32.8 Å². The minimum Gasteiger partial charge on any atom is -0.394 e. The summed E-state index contributed by atoms with van der Waals surface area (Å²) in [5, 5.41) is 12.7. The maximum atomic E-state index is 12.7. The van der Waals surface area contributed by atoms with Crippen molar-refractivity contribution in [3.63, 3.8) is 0 Å². The number of carbonyl (C=O) groups is 1. The average molecular weight is 385 g/mol. The van der Waals surface area contributed by atoms with Crippen LogP contribution in [0.4, 0.5) is 18.0 Å². The number of alkyl halides is 3. The van der Waals surface area contributed by atoms with E-state index < -0.39 is 18.1 Å². The van der Waals surface area contributed by atoms with Crippen LogP contribution < -0.4 is 5.32 Å². The molecule has 0 bridgehead atoms. The Bertz CT molecular complexity index is 647. The molecule has 8 heteroatoms. The minimum atomic E-state index is -4.19. The van der Waals surface area contributed by atoms with Crippen molar-refractivity contribution in [2.24, 2.45) is 0 Å². The third kappa shape index (κ3) is 3.78. The second-order valence-electron chi connectivity index (χ2n) is 7.42. The van der Waals surface area contributed by atoms with Crippen LogP contribution in [0.1, 0.15) is 31.2 Å². The van der Waals surface area contributed by atoms with Crippen molar-refractivity contribution < 1.29 is 23.1 Å². The lowest BCUT2D eigenvalue weighted by atomic mass is 9.61. The zero-order chi connectivity index (χ0) is 19.7. The van der Waals surface area contributed by atoms with Crippen LogP contribution in [-0.4, -0.2) is 71.5 Å². The lowest BCUT2D eigenvalue weighted by Crippen LogP contribution is -2.86. The molecule has 150 valence electrons. The largest absolute Gasteiger partial charge is 0.394 e. The number of rotatable bonds is 6. The number of urea groups is 1. The Hall–Kier alpha value is -1.80. The van der Waals surface area contributed by atoms with Gasteiger partial charge < -0.3 is 15.3 Å². The van der Waals surface area contributed by atoms with Gasteiger partial charge in [0.1, 0.15) is 0 Å². The molecule has 2 saturated heterocycles. The van der Waals surface area contributed by atoms with Crippen molar-refractivity contribution in [3.8, 4) is 0 Å². The monoisotopic (exact) mass is 385 g/mol. The molecule has 0 radical (unpaired) electrons. The molecule has 2 N–H and O–H groups in total. The summed E-state index contributed by atoms with van der Waals surface area (Å²) in [5.74, 6) is -0.0850. The number of hydrogen-bond acceptors (Lipinski definition) is 3. The summed E-state index contributed by atoms with van der Waals surface area (Å²) < 4.78 is 37.6. The average Bonchev–Trinajstić information content (AvgIpc) is 2.57. The Morgan fingerprint density at radius 2 is 1.96 bits per heavy atom. The molecule has 5 nitrogen and oxygen atoms in total. The van der Waals surface area contributed by atoms with Gasteiger partial charge in [0.05, 0.1) is 24.6 Å². The SMILES string of the molecule is CCCNC(=O)N1[C@H](CO)[C@@H](c2ccccc2)C12CN(CCC(F)(F)F)C2. The van der Waals surface area contributed by atoms with Gasteiger partial charge in [-0.05, 0) is 12.0 Å². The zero-order valence-corrected chi connectivity index (χ0v) is 15.4. The summed E-state index contributed by atoms with van der Waals surface area (Å²) in [6.07, 6.45) is -4.26. The Labute approximate surface area is 157 Å². The van der Waals surface area contributed by atoms with Crippen LogP contribution in [0.2, 0.25) is 0 Å². The van der Waals surface area contributed by atoms with E-state index in [1.54, 1.807) is 9.80 Å². The van der Waals surface area contributed by atoms with E-state index >= 15 is 0 Å². The van der Waals surface area contributed by atoms with E-state index in [9.17, 15) is 23.1 Å². The molecule has 3 rings (SSSR count). The molecule has 1 aromatic carbocycles. The predicted molar refractivity (Wildman–Crippen MR) is 95.4 cm³/mol. The first-order valence-corrected chi connectivity index (χ1v) is 9.34. The van der Waals surface area contributed by atoms with Crippen molar-refractivity contribution in [2.45, 2.75) is 43.4 Å². The number of amides is 2. The first-order chi connectivity index (χ1) is 12.8. The van der Waals surface area contributed by atoms with E-state index in [-0.39, 0.29) is 31.1 Å². The van der Waals surface area contributed by atoms with E-state index in [1.807, 2.05) is 37.3 Å². The topological polar surface area (TPSA) is 55.8 Å². The van der Waals surface area contributed by atoms with E-state index in [1.165, 1.54) is 0 Å². The molecule has 2 heterocycles. The molecule has 1 spiro atoms. The van der Waals surface area contributed by atoms with E-state index in [2.05, 4.69) is 5.32 Å². The Kier molecular flexibility index (Phi) is 5.67. The minimum absolute atomic E-state index is 0.0685. The lowest BCUT2D eigenvalue weighted by Gasteiger charge is -2.70. The molecule has 2 amide bonds. The fourth-order valence-corrected chi connectivity index (χ4v) is 4.48. The normalized spacial score (nSPS) is 24.4. The highest BCUT2D eigenvalue weighted by molar-refractivity contribution is 5.78. The summed E-state index contributed by atoms with van der Waals surface area (Å²) in [4.78, 5) is 16.1. The molecular formula is C19H26F3N3O2. The van der Waals surface area contributed by atoms with Crippen LogP contribution in [-0.2, 0) is 0 Å². The summed E-state index contributed by atoms with van der Waals surface area (Å²) in [5.41, 5.74) is 0.449. The van der Waals surface area contributed by atoms with E-state index in [0.717, 1.165) is 12.0 Å². The molecule has 2 aliphatic rings. The van der Waals surface area contributed by atoms with Gasteiger partial charge in [-0.25, -0.2) is 4.79 Å². The Morgan fingerprint density at radius 1 is 1.30 bits per heavy atom. The highest BCUT2D eigenvalue weighted by Gasteiger charge is 2.67. The third-order valence-electron chi connectivity index (χ3n) is 5.57. The molecule has 2 fully saturated rings. The predicted octanol–water partition coefficient (Wildman–Crippen LogP) is 2.57. The fraction of sp³-hybridized carbons (Fsp3) is 0.632. The number of likely N-dealkylation sites (tertiary alicyclic amines) is 2. The standard InChI is InChI=1S/C19H26F3N3O2/c1-2-9-23-17(27)25-15(11-26)16(14-6-4-3-5-7-14)18(25)12-24(13-18)10-8-19(20,21)22/h3-7,15-16,26H,2,8-13H2,1H3,(H,23,27)/t15-,16-/m1/s1. The molecular weight excluding hydrogens is 359 g/mol. The molecule has 1 aromatic rings. The second kappa shape index (κ2) is 7.67. The number of carbonyl (C=O) groups excluding carboxylic acids is 1. The lowest BCUT2D eigenvalue weighted by molar-refractivity contribution is -0.178. The number of nitrogens with zero attached hydrogens (tertiary/aromatic N) is 2. The summed E-state index contributed by atoms with van der Waals surface area (Å²) >= 11 is 0. The number of nitrogens with one attached hydrogen (secondary N) is 1. The summed E-state index contributed by atoms with van der Waals surface area (Å²) in [7, 11) is 0. The van der Waals surface area contributed by atoms with Gasteiger partial charge in [-0.2, -0.15) is 13.2 Å². The number of aliphatic hydroxyl groups is 1. The number of hydrogen-bond donors (Lipinski definition) is 2. The van der Waals surface area contributed by atoms with Crippen LogP contribution in [0.3, 0.4) is 0 Å². The smallest absolute Gasteiger partial charge is 0.390 e. The van der Waals surface area contributed by atoms with Crippen LogP contribution >= 0.6 is 0 Å². The van der Waals surface area contributed by atoms with Gasteiger partial charge in [0.15, 0.2) is 0 Å². The Morgan fingerprint density at radius 3 is 2.52 bits per heavy atom. The van der Waals surface area contributed by atoms with E-state index in [4.69, 9.17) is 0 Å².